The minimum atomic E-state index is -0.721. The van der Waals surface area contributed by atoms with Gasteiger partial charge in [-0.3, -0.25) is 9.59 Å². The van der Waals surface area contributed by atoms with Gasteiger partial charge in [0.25, 0.3) is 11.8 Å². The minimum absolute atomic E-state index is 0.0669. The fourth-order valence-corrected chi connectivity index (χ4v) is 2.81. The Morgan fingerprint density at radius 2 is 1.56 bits per heavy atom. The van der Waals surface area contributed by atoms with Crippen LogP contribution in [-0.4, -0.2) is 27.8 Å². The van der Waals surface area contributed by atoms with E-state index in [4.69, 9.17) is 4.84 Å². The number of aromatic nitrogens is 1. The van der Waals surface area contributed by atoms with Gasteiger partial charge in [0.1, 0.15) is 0 Å². The third kappa shape index (κ3) is 2.84. The van der Waals surface area contributed by atoms with Crippen LogP contribution in [0.5, 0.6) is 0 Å². The average molecular weight is 340 g/mol. The van der Waals surface area contributed by atoms with Gasteiger partial charge in [-0.2, -0.15) is 0 Å². The molecular weight excluding hydrogens is 320 g/mol. The molecule has 1 aliphatic rings. The molecule has 2 amide bonds. The number of hydrogen-bond donors (Lipinski definition) is 1. The summed E-state index contributed by atoms with van der Waals surface area (Å²) in [5.41, 5.74) is 2.45. The van der Waals surface area contributed by atoms with Gasteiger partial charge in [-0.25, -0.2) is 4.79 Å². The van der Waals surface area contributed by atoms with Crippen LogP contribution in [0.4, 0.5) is 0 Å². The summed E-state index contributed by atoms with van der Waals surface area (Å²) in [7, 11) is 0. The highest BCUT2D eigenvalue weighted by Gasteiger charge is 2.39. The molecule has 0 fully saturated rings. The molecule has 2 heterocycles. The maximum Gasteiger partial charge on any atom is 0.365 e. The van der Waals surface area contributed by atoms with E-state index in [1.807, 2.05) is 27.7 Å². The molecule has 1 aliphatic heterocycles. The largest absolute Gasteiger partial charge is 0.365 e. The Labute approximate surface area is 145 Å². The van der Waals surface area contributed by atoms with Crippen molar-refractivity contribution in [1.29, 1.82) is 0 Å². The molecule has 1 aromatic carbocycles. The van der Waals surface area contributed by atoms with Crippen molar-refractivity contribution in [1.82, 2.24) is 10.0 Å². The van der Waals surface area contributed by atoms with Crippen molar-refractivity contribution in [2.75, 3.05) is 0 Å². The van der Waals surface area contributed by atoms with Crippen molar-refractivity contribution in [2.45, 2.75) is 39.5 Å². The molecule has 3 rings (SSSR count). The second-order valence-corrected chi connectivity index (χ2v) is 6.69. The maximum atomic E-state index is 12.6. The van der Waals surface area contributed by atoms with Crippen LogP contribution in [0.15, 0.2) is 30.3 Å². The lowest BCUT2D eigenvalue weighted by molar-refractivity contribution is -0.0585. The number of nitrogens with zero attached hydrogens (tertiary/aromatic N) is 1. The maximum absolute atomic E-state index is 12.6. The Bertz CT molecular complexity index is 829. The van der Waals surface area contributed by atoms with Crippen molar-refractivity contribution in [3.63, 3.8) is 0 Å². The van der Waals surface area contributed by atoms with E-state index in [1.54, 1.807) is 18.2 Å². The molecule has 0 aliphatic carbocycles. The third-order valence-electron chi connectivity index (χ3n) is 4.22. The van der Waals surface area contributed by atoms with Crippen LogP contribution >= 0.6 is 0 Å². The molecule has 0 spiro atoms. The smallest absolute Gasteiger partial charge is 0.361 e. The first-order valence-corrected chi connectivity index (χ1v) is 8.24. The van der Waals surface area contributed by atoms with E-state index in [9.17, 15) is 14.4 Å². The van der Waals surface area contributed by atoms with Gasteiger partial charge in [-0.1, -0.05) is 44.9 Å². The zero-order valence-corrected chi connectivity index (χ0v) is 14.6. The van der Waals surface area contributed by atoms with Crippen LogP contribution in [0.25, 0.3) is 0 Å². The highest BCUT2D eigenvalue weighted by Crippen LogP contribution is 2.27. The molecule has 6 nitrogen and oxygen atoms in total. The zero-order valence-electron chi connectivity index (χ0n) is 14.6. The predicted octanol–water partition coefficient (Wildman–Crippen LogP) is 3.63. The number of rotatable bonds is 4. The van der Waals surface area contributed by atoms with E-state index < -0.39 is 17.8 Å². The monoisotopic (exact) mass is 340 g/mol. The Morgan fingerprint density at radius 3 is 2.04 bits per heavy atom. The van der Waals surface area contributed by atoms with Gasteiger partial charge < -0.3 is 9.82 Å². The lowest BCUT2D eigenvalue weighted by atomic mass is 10.1. The van der Waals surface area contributed by atoms with E-state index in [0.29, 0.717) is 10.6 Å². The first kappa shape index (κ1) is 17.0. The number of carbonyl (C=O) groups is 3. The van der Waals surface area contributed by atoms with Crippen molar-refractivity contribution in [3.8, 4) is 0 Å². The summed E-state index contributed by atoms with van der Waals surface area (Å²) in [6.07, 6.45) is 0. The Morgan fingerprint density at radius 1 is 1.00 bits per heavy atom. The van der Waals surface area contributed by atoms with E-state index in [1.165, 1.54) is 12.1 Å². The van der Waals surface area contributed by atoms with Crippen LogP contribution in [0.1, 0.15) is 82.0 Å². The van der Waals surface area contributed by atoms with Gasteiger partial charge in [-0.15, -0.1) is 0 Å². The molecule has 25 heavy (non-hydrogen) atoms. The fourth-order valence-electron chi connectivity index (χ4n) is 2.81. The zero-order chi connectivity index (χ0) is 18.3. The molecule has 1 aromatic heterocycles. The lowest BCUT2D eigenvalue weighted by Gasteiger charge is -2.13. The van der Waals surface area contributed by atoms with E-state index in [2.05, 4.69) is 4.98 Å². The Hall–Kier alpha value is -2.89. The van der Waals surface area contributed by atoms with Crippen LogP contribution < -0.4 is 0 Å². The lowest BCUT2D eigenvalue weighted by Crippen LogP contribution is -2.32. The predicted molar refractivity (Wildman–Crippen MR) is 91.3 cm³/mol. The minimum Gasteiger partial charge on any atom is -0.361 e. The van der Waals surface area contributed by atoms with E-state index >= 15 is 0 Å². The molecule has 130 valence electrons. The summed E-state index contributed by atoms with van der Waals surface area (Å²) in [4.78, 5) is 45.7. The summed E-state index contributed by atoms with van der Waals surface area (Å²) < 4.78 is 0. The van der Waals surface area contributed by atoms with Gasteiger partial charge in [0.2, 0.25) is 0 Å². The highest BCUT2D eigenvalue weighted by molar-refractivity contribution is 6.21. The number of hydrogen-bond acceptors (Lipinski definition) is 4. The summed E-state index contributed by atoms with van der Waals surface area (Å²) in [5.74, 6) is -1.70. The summed E-state index contributed by atoms with van der Waals surface area (Å²) in [5, 5.41) is 0.541. The first-order valence-electron chi connectivity index (χ1n) is 8.24. The molecule has 0 radical (unpaired) electrons. The van der Waals surface area contributed by atoms with E-state index in [-0.39, 0.29) is 23.0 Å². The van der Waals surface area contributed by atoms with Gasteiger partial charge >= 0.3 is 5.97 Å². The van der Waals surface area contributed by atoms with Crippen LogP contribution in [0, 0.1) is 0 Å². The number of amides is 2. The Balaban J connectivity index is 1.89. The number of benzene rings is 1. The first-order chi connectivity index (χ1) is 11.8. The SMILES string of the molecule is CC(C)c1cc(C(=O)ON2C(=O)c3ccccc3C2=O)c(C(C)C)[nH]1. The fraction of sp³-hybridized carbons (Fsp3) is 0.316. The Kier molecular flexibility index (Phi) is 4.20. The number of H-pyrrole nitrogens is 1. The topological polar surface area (TPSA) is 79.5 Å². The molecule has 0 saturated heterocycles. The van der Waals surface area contributed by atoms with Crippen molar-refractivity contribution >= 4 is 17.8 Å². The second-order valence-electron chi connectivity index (χ2n) is 6.69. The van der Waals surface area contributed by atoms with Crippen LogP contribution in [0.2, 0.25) is 0 Å². The van der Waals surface area contributed by atoms with Crippen molar-refractivity contribution in [2.24, 2.45) is 0 Å². The molecule has 6 heteroatoms. The second kappa shape index (κ2) is 6.20. The number of aromatic amines is 1. The number of fused-ring (bicyclic) bond motifs is 1. The van der Waals surface area contributed by atoms with Gasteiger partial charge in [0.15, 0.2) is 0 Å². The molecule has 0 atom stereocenters. The molecule has 0 bridgehead atoms. The number of hydroxylamine groups is 2. The van der Waals surface area contributed by atoms with Gasteiger partial charge in [0, 0.05) is 11.4 Å². The number of imide groups is 1. The average Bonchev–Trinajstić information content (AvgIpc) is 3.12. The highest BCUT2D eigenvalue weighted by atomic mass is 16.7. The molecular formula is C19H20N2O4. The van der Waals surface area contributed by atoms with Gasteiger partial charge in [0.05, 0.1) is 16.7 Å². The number of carbonyl (C=O) groups excluding carboxylic acids is 3. The summed E-state index contributed by atoms with van der Waals surface area (Å²) in [6, 6.07) is 8.12. The van der Waals surface area contributed by atoms with Gasteiger partial charge in [-0.05, 0) is 30.0 Å². The van der Waals surface area contributed by atoms with Crippen LogP contribution in [0.3, 0.4) is 0 Å². The number of nitrogens with one attached hydrogen (secondary N) is 1. The molecule has 1 N–H and O–H groups in total. The molecule has 0 saturated carbocycles. The van der Waals surface area contributed by atoms with Crippen molar-refractivity contribution < 1.29 is 19.2 Å². The molecule has 2 aromatic rings. The van der Waals surface area contributed by atoms with Crippen LogP contribution in [-0.2, 0) is 4.84 Å². The summed E-state index contributed by atoms with van der Waals surface area (Å²) >= 11 is 0. The molecule has 0 unspecified atom stereocenters. The summed E-state index contributed by atoms with van der Waals surface area (Å²) in [6.45, 7) is 7.92. The quantitative estimate of drug-likeness (QED) is 0.862. The normalized spacial score (nSPS) is 13.8. The van der Waals surface area contributed by atoms with E-state index in [0.717, 1.165) is 11.4 Å². The third-order valence-corrected chi connectivity index (χ3v) is 4.22. The van der Waals surface area contributed by atoms with Crippen molar-refractivity contribution in [3.05, 3.63) is 58.4 Å². The standard InChI is InChI=1S/C19H20N2O4/c1-10(2)15-9-14(16(20-15)11(3)4)19(24)25-21-17(22)12-7-5-6-8-13(12)18(21)23/h5-11,20H,1-4H3.